The zero-order valence-electron chi connectivity index (χ0n) is 29.5. The average Bonchev–Trinajstić information content (AvgIpc) is 3.44. The van der Waals surface area contributed by atoms with Crippen LogP contribution in [0.4, 0.5) is 0 Å². The Morgan fingerprint density at radius 1 is 1.00 bits per heavy atom. The van der Waals surface area contributed by atoms with Crippen LogP contribution in [0.3, 0.4) is 0 Å². The zero-order valence-corrected chi connectivity index (χ0v) is 34.4. The Morgan fingerprint density at radius 3 is 2.67 bits per heavy atom. The number of aliphatic imine (C=N–C) groups is 1. The van der Waals surface area contributed by atoms with Crippen molar-refractivity contribution in [2.75, 3.05) is 48.5 Å². The summed E-state index contributed by atoms with van der Waals surface area (Å²) in [4.78, 5) is 19.8. The highest BCUT2D eigenvalue weighted by molar-refractivity contribution is 8.77. The molecule has 1 aromatic carbocycles. The molecule has 0 saturated heterocycles. The third-order valence-electron chi connectivity index (χ3n) is 14.3. The van der Waals surface area contributed by atoms with E-state index in [1.807, 2.05) is 64.8 Å². The van der Waals surface area contributed by atoms with Gasteiger partial charge in [0.25, 0.3) is 0 Å². The summed E-state index contributed by atoms with van der Waals surface area (Å²) in [5.74, 6) is 8.21. The van der Waals surface area contributed by atoms with Gasteiger partial charge in [-0.1, -0.05) is 95.5 Å². The number of carbonyl (C=O) groups excluding carboxylic acids is 1. The fourth-order valence-corrected chi connectivity index (χ4v) is 20.1. The fraction of sp³-hybridized carbons (Fsp3) is 0.737. The summed E-state index contributed by atoms with van der Waals surface area (Å²) in [6.07, 6.45) is 6.11. The Morgan fingerprint density at radius 2 is 1.84 bits per heavy atom. The SMILES string of the molecule is CC12CCSSCC34CC(CSSCc5ccc(CO)c(c5)CC3CN=C(N)N4)C3CSSCC(CCO)C4C(CO)CC1CC1=C3C(=O)CC142. The molecule has 4 heterocycles. The van der Waals surface area contributed by atoms with Crippen LogP contribution in [0.15, 0.2) is 34.3 Å². The maximum Gasteiger partial charge on any atom is 0.189 e. The van der Waals surface area contributed by atoms with Crippen molar-refractivity contribution in [3.63, 3.8) is 0 Å². The third kappa shape index (κ3) is 6.48. The van der Waals surface area contributed by atoms with Gasteiger partial charge >= 0.3 is 0 Å². The van der Waals surface area contributed by atoms with Crippen molar-refractivity contribution in [3.05, 3.63) is 46.0 Å². The van der Waals surface area contributed by atoms with Crippen LogP contribution in [0.5, 0.6) is 0 Å². The van der Waals surface area contributed by atoms with Gasteiger partial charge in [-0.3, -0.25) is 9.79 Å². The minimum Gasteiger partial charge on any atom is -0.396 e. The molecule has 10 unspecified atom stereocenters. The second kappa shape index (κ2) is 15.4. The first-order chi connectivity index (χ1) is 24.8. The summed E-state index contributed by atoms with van der Waals surface area (Å²) >= 11 is 0. The quantitative estimate of drug-likeness (QED) is 0.211. The van der Waals surface area contributed by atoms with Crippen molar-refractivity contribution < 1.29 is 20.1 Å². The van der Waals surface area contributed by atoms with Gasteiger partial charge in [-0.15, -0.1) is 0 Å². The van der Waals surface area contributed by atoms with Gasteiger partial charge in [-0.05, 0) is 95.8 Å². The minimum atomic E-state index is -0.317. The molecule has 8 rings (SSSR count). The van der Waals surface area contributed by atoms with E-state index in [4.69, 9.17) is 10.7 Å². The summed E-state index contributed by atoms with van der Waals surface area (Å²) in [5, 5.41) is 35.6. The van der Waals surface area contributed by atoms with Crippen molar-refractivity contribution >= 4 is 76.5 Å². The van der Waals surface area contributed by atoms with E-state index in [0.717, 1.165) is 84.2 Å². The molecule has 2 spiro atoms. The number of rotatable bonds is 4. The number of nitrogens with zero attached hydrogens (tertiary/aromatic N) is 1. The van der Waals surface area contributed by atoms with Gasteiger partial charge in [0.15, 0.2) is 11.7 Å². The van der Waals surface area contributed by atoms with Crippen LogP contribution in [0.25, 0.3) is 0 Å². The maximum atomic E-state index is 15.0. The molecule has 3 aliphatic carbocycles. The molecule has 13 heteroatoms. The van der Waals surface area contributed by atoms with Gasteiger partial charge in [0.1, 0.15) is 0 Å². The van der Waals surface area contributed by atoms with Crippen molar-refractivity contribution in [1.82, 2.24) is 5.32 Å². The molecule has 6 N–H and O–H groups in total. The molecule has 51 heavy (non-hydrogen) atoms. The van der Waals surface area contributed by atoms with E-state index in [0.29, 0.717) is 30.6 Å². The van der Waals surface area contributed by atoms with Crippen molar-refractivity contribution in [2.24, 2.45) is 63.0 Å². The average molecular weight is 808 g/mol. The number of hydrogen-bond donors (Lipinski definition) is 5. The molecule has 10 atom stereocenters. The molecule has 280 valence electrons. The zero-order chi connectivity index (χ0) is 35.4. The lowest BCUT2D eigenvalue weighted by Crippen LogP contribution is -2.63. The summed E-state index contributed by atoms with van der Waals surface area (Å²) in [5.41, 5.74) is 12.2. The summed E-state index contributed by atoms with van der Waals surface area (Å²) in [6, 6.07) is 6.59. The monoisotopic (exact) mass is 807 g/mol. The van der Waals surface area contributed by atoms with E-state index < -0.39 is 0 Å². The van der Waals surface area contributed by atoms with Gasteiger partial charge in [-0.2, -0.15) is 0 Å². The molecule has 2 saturated carbocycles. The van der Waals surface area contributed by atoms with Gasteiger partial charge in [0.2, 0.25) is 0 Å². The predicted molar refractivity (Wildman–Crippen MR) is 221 cm³/mol. The Bertz CT molecular complexity index is 1560. The molecule has 4 aliphatic heterocycles. The van der Waals surface area contributed by atoms with Crippen LogP contribution in [0, 0.1) is 52.3 Å². The Hall–Kier alpha value is -0.120. The lowest BCUT2D eigenvalue weighted by atomic mass is 9.46. The molecule has 0 amide bonds. The van der Waals surface area contributed by atoms with Gasteiger partial charge in [-0.25, -0.2) is 0 Å². The number of hydrogen-bond acceptors (Lipinski definition) is 13. The van der Waals surface area contributed by atoms with E-state index in [-0.39, 0.29) is 71.7 Å². The summed E-state index contributed by atoms with van der Waals surface area (Å²) < 4.78 is 0. The second-order valence-electron chi connectivity index (χ2n) is 16.4. The van der Waals surface area contributed by atoms with Crippen molar-refractivity contribution in [2.45, 2.75) is 69.8 Å². The standard InChI is InChI=1S/C38H53N3O4S6/c1-36-5-7-46-51-21-37-12-27(19-49-47-17-22-2-3-23(15-43)25(8-22)9-29(37)14-40-35(39)41-37)30-20-50-48-18-24(4-6-42)34-26(16-44)10-28(36)11-31-33(30)32(45)13-38(31,34)36/h2-3,8,24,26-30,34,42-44H,4-7,9-21H2,1H3,(H3,39,40,41). The van der Waals surface area contributed by atoms with Gasteiger partial charge in [0, 0.05) is 77.9 Å². The van der Waals surface area contributed by atoms with E-state index in [1.165, 1.54) is 16.7 Å². The molecule has 0 radical (unpaired) electrons. The Balaban J connectivity index is 1.30. The maximum absolute atomic E-state index is 15.0. The first-order valence-electron chi connectivity index (χ1n) is 18.8. The topological polar surface area (TPSA) is 128 Å². The predicted octanol–water partition coefficient (Wildman–Crippen LogP) is 6.60. The highest BCUT2D eigenvalue weighted by Crippen LogP contribution is 2.77. The largest absolute Gasteiger partial charge is 0.396 e. The van der Waals surface area contributed by atoms with Crippen LogP contribution < -0.4 is 11.1 Å². The number of aliphatic hydroxyl groups excluding tert-OH is 3. The third-order valence-corrected chi connectivity index (χ3v) is 21.8. The number of fused-ring (bicyclic) bond motifs is 4. The van der Waals surface area contributed by atoms with Crippen LogP contribution in [-0.4, -0.2) is 81.1 Å². The van der Waals surface area contributed by atoms with Crippen molar-refractivity contribution in [3.8, 4) is 0 Å². The second-order valence-corrected chi connectivity index (χ2v) is 24.1. The lowest BCUT2D eigenvalue weighted by Gasteiger charge is -2.58. The molecular formula is C38H53N3O4S6. The number of benzene rings is 1. The normalized spacial score (nSPS) is 41.3. The lowest BCUT2D eigenvalue weighted by molar-refractivity contribution is -0.129. The molecule has 10 bridgehead atoms. The molecular weight excluding hydrogens is 755 g/mol. The summed E-state index contributed by atoms with van der Waals surface area (Å²) in [7, 11) is 11.7. The number of guanidine groups is 1. The molecule has 7 nitrogen and oxygen atoms in total. The Labute approximate surface area is 327 Å². The van der Waals surface area contributed by atoms with Crippen LogP contribution in [-0.2, 0) is 23.6 Å². The first kappa shape index (κ1) is 37.8. The van der Waals surface area contributed by atoms with E-state index in [2.05, 4.69) is 30.4 Å². The van der Waals surface area contributed by atoms with E-state index in [1.54, 1.807) is 0 Å². The summed E-state index contributed by atoms with van der Waals surface area (Å²) in [6.45, 7) is 3.51. The number of Topliss-reactive ketones (excluding diaryl/α,β-unsaturated/α-hetero) is 1. The molecule has 7 aliphatic rings. The number of allylic oxidation sites excluding steroid dienone is 2. The number of carbonyl (C=O) groups is 1. The number of nitrogens with two attached hydrogens (primary N) is 1. The molecule has 1 aromatic rings. The van der Waals surface area contributed by atoms with Gasteiger partial charge < -0.3 is 26.4 Å². The highest BCUT2D eigenvalue weighted by atomic mass is 33.1. The minimum absolute atomic E-state index is 0.0169. The number of ketones is 1. The first-order valence-corrected chi connectivity index (χ1v) is 26.2. The number of nitrogens with one attached hydrogen (secondary N) is 1. The van der Waals surface area contributed by atoms with Crippen LogP contribution in [0.1, 0.15) is 62.1 Å². The molecule has 0 aromatic heterocycles. The fourth-order valence-electron chi connectivity index (χ4n) is 11.9. The smallest absolute Gasteiger partial charge is 0.189 e. The van der Waals surface area contributed by atoms with E-state index >= 15 is 4.79 Å². The van der Waals surface area contributed by atoms with E-state index in [9.17, 15) is 15.3 Å². The highest BCUT2D eigenvalue weighted by Gasteiger charge is 2.71. The number of aliphatic hydroxyl groups is 3. The van der Waals surface area contributed by atoms with Crippen LogP contribution in [0.2, 0.25) is 0 Å². The van der Waals surface area contributed by atoms with Crippen LogP contribution >= 0.6 is 64.8 Å². The Kier molecular flexibility index (Phi) is 11.4. The molecule has 2 fully saturated rings. The van der Waals surface area contributed by atoms with Gasteiger partial charge in [0.05, 0.1) is 12.1 Å². The van der Waals surface area contributed by atoms with Crippen molar-refractivity contribution in [1.29, 1.82) is 0 Å².